The van der Waals surface area contributed by atoms with Gasteiger partial charge in [0.15, 0.2) is 0 Å². The van der Waals surface area contributed by atoms with Crippen molar-refractivity contribution in [1.29, 1.82) is 0 Å². The highest BCUT2D eigenvalue weighted by molar-refractivity contribution is 7.89. The van der Waals surface area contributed by atoms with Gasteiger partial charge in [0.2, 0.25) is 15.9 Å². The summed E-state index contributed by atoms with van der Waals surface area (Å²) in [6.45, 7) is 5.09. The molecular formula is C16H24N2O4S. The molecule has 1 aliphatic rings. The topological polar surface area (TPSA) is 75.7 Å². The molecule has 0 saturated heterocycles. The van der Waals surface area contributed by atoms with Crippen LogP contribution in [0, 0.1) is 5.92 Å². The standard InChI is InChI=1S/C16H24N2O4S/c1-12(2)11-18(8-9-22-3)23(20,21)14-5-6-15-13(10-14)4-7-16(19)17-15/h5-6,10,12H,4,7-9,11H2,1-3H3,(H,17,19). The molecule has 0 saturated carbocycles. The number of ether oxygens (including phenoxy) is 1. The van der Waals surface area contributed by atoms with Gasteiger partial charge in [-0.2, -0.15) is 4.31 Å². The third-order valence-corrected chi connectivity index (χ3v) is 5.58. The lowest BCUT2D eigenvalue weighted by Gasteiger charge is -2.25. The molecule has 0 bridgehead atoms. The highest BCUT2D eigenvalue weighted by Crippen LogP contribution is 2.27. The molecule has 1 aromatic carbocycles. The van der Waals surface area contributed by atoms with Crippen LogP contribution in [0.25, 0.3) is 0 Å². The third kappa shape index (κ3) is 4.31. The van der Waals surface area contributed by atoms with Crippen molar-refractivity contribution in [2.24, 2.45) is 5.92 Å². The quantitative estimate of drug-likeness (QED) is 0.822. The average Bonchev–Trinajstić information content (AvgIpc) is 2.50. The number of carbonyl (C=O) groups excluding carboxylic acids is 1. The van der Waals surface area contributed by atoms with Gasteiger partial charge in [-0.15, -0.1) is 0 Å². The summed E-state index contributed by atoms with van der Waals surface area (Å²) in [5.41, 5.74) is 1.56. The van der Waals surface area contributed by atoms with E-state index < -0.39 is 10.0 Å². The Morgan fingerprint density at radius 2 is 2.04 bits per heavy atom. The summed E-state index contributed by atoms with van der Waals surface area (Å²) in [4.78, 5) is 11.7. The highest BCUT2D eigenvalue weighted by atomic mass is 32.2. The molecule has 128 valence electrons. The van der Waals surface area contributed by atoms with Crippen LogP contribution in [0.2, 0.25) is 0 Å². The van der Waals surface area contributed by atoms with Gasteiger partial charge >= 0.3 is 0 Å². The van der Waals surface area contributed by atoms with Gasteiger partial charge in [0, 0.05) is 32.3 Å². The molecule has 0 aromatic heterocycles. The maximum atomic E-state index is 12.9. The van der Waals surface area contributed by atoms with Crippen LogP contribution in [0.5, 0.6) is 0 Å². The average molecular weight is 340 g/mol. The number of anilines is 1. The van der Waals surface area contributed by atoms with Crippen LogP contribution in [0.1, 0.15) is 25.8 Å². The second kappa shape index (κ2) is 7.42. The Morgan fingerprint density at radius 3 is 2.70 bits per heavy atom. The zero-order valence-corrected chi connectivity index (χ0v) is 14.6. The monoisotopic (exact) mass is 340 g/mol. The maximum absolute atomic E-state index is 12.9. The Morgan fingerprint density at radius 1 is 1.30 bits per heavy atom. The molecule has 1 N–H and O–H groups in total. The number of hydrogen-bond acceptors (Lipinski definition) is 4. The second-order valence-electron chi connectivity index (χ2n) is 6.12. The van der Waals surface area contributed by atoms with Crippen molar-refractivity contribution in [1.82, 2.24) is 4.31 Å². The number of amides is 1. The molecule has 1 aliphatic heterocycles. The zero-order valence-electron chi connectivity index (χ0n) is 13.8. The number of methoxy groups -OCH3 is 1. The minimum atomic E-state index is -3.57. The molecule has 1 aromatic rings. The van der Waals surface area contributed by atoms with E-state index in [1.807, 2.05) is 13.8 Å². The van der Waals surface area contributed by atoms with Crippen molar-refractivity contribution >= 4 is 21.6 Å². The number of fused-ring (bicyclic) bond motifs is 1. The lowest BCUT2D eigenvalue weighted by Crippen LogP contribution is -2.36. The molecule has 2 rings (SSSR count). The number of benzene rings is 1. The van der Waals surface area contributed by atoms with Crippen molar-refractivity contribution < 1.29 is 17.9 Å². The molecule has 0 atom stereocenters. The Labute approximate surface area is 137 Å². The smallest absolute Gasteiger partial charge is 0.243 e. The molecular weight excluding hydrogens is 316 g/mol. The molecule has 0 spiro atoms. The number of hydrogen-bond donors (Lipinski definition) is 1. The third-order valence-electron chi connectivity index (χ3n) is 3.72. The number of rotatable bonds is 7. The normalized spacial score (nSPS) is 14.9. The SMILES string of the molecule is COCCN(CC(C)C)S(=O)(=O)c1ccc2c(c1)CCC(=O)N2. The maximum Gasteiger partial charge on any atom is 0.243 e. The van der Waals surface area contributed by atoms with Crippen LogP contribution in [0.3, 0.4) is 0 Å². The molecule has 6 nitrogen and oxygen atoms in total. The van der Waals surface area contributed by atoms with Crippen LogP contribution in [-0.2, 0) is 26.0 Å². The van der Waals surface area contributed by atoms with Gasteiger partial charge < -0.3 is 10.1 Å². The van der Waals surface area contributed by atoms with E-state index in [9.17, 15) is 13.2 Å². The Kier molecular flexibility index (Phi) is 5.78. The van der Waals surface area contributed by atoms with E-state index in [1.165, 1.54) is 4.31 Å². The van der Waals surface area contributed by atoms with Crippen molar-refractivity contribution in [3.8, 4) is 0 Å². The highest BCUT2D eigenvalue weighted by Gasteiger charge is 2.26. The molecule has 0 aliphatic carbocycles. The summed E-state index contributed by atoms with van der Waals surface area (Å²) >= 11 is 0. The lowest BCUT2D eigenvalue weighted by atomic mass is 10.0. The van der Waals surface area contributed by atoms with E-state index in [0.717, 1.165) is 5.56 Å². The Bertz CT molecular complexity index is 671. The fourth-order valence-corrected chi connectivity index (χ4v) is 4.22. The number of sulfonamides is 1. The second-order valence-corrected chi connectivity index (χ2v) is 8.05. The predicted molar refractivity (Wildman–Crippen MR) is 88.9 cm³/mol. The fraction of sp³-hybridized carbons (Fsp3) is 0.562. The van der Waals surface area contributed by atoms with Gasteiger partial charge in [-0.25, -0.2) is 8.42 Å². The van der Waals surface area contributed by atoms with E-state index >= 15 is 0 Å². The van der Waals surface area contributed by atoms with Crippen LogP contribution in [0.15, 0.2) is 23.1 Å². The van der Waals surface area contributed by atoms with E-state index in [1.54, 1.807) is 25.3 Å². The summed E-state index contributed by atoms with van der Waals surface area (Å²) in [5.74, 6) is 0.188. The first kappa shape index (κ1) is 17.9. The number of nitrogens with one attached hydrogen (secondary N) is 1. The fourth-order valence-electron chi connectivity index (χ4n) is 2.58. The lowest BCUT2D eigenvalue weighted by molar-refractivity contribution is -0.116. The molecule has 1 heterocycles. The van der Waals surface area contributed by atoms with Gasteiger partial charge in [-0.1, -0.05) is 13.8 Å². The van der Waals surface area contributed by atoms with E-state index in [4.69, 9.17) is 4.74 Å². The van der Waals surface area contributed by atoms with Crippen LogP contribution < -0.4 is 5.32 Å². The molecule has 0 unspecified atom stereocenters. The molecule has 23 heavy (non-hydrogen) atoms. The zero-order chi connectivity index (χ0) is 17.0. The summed E-state index contributed by atoms with van der Waals surface area (Å²) in [6, 6.07) is 4.90. The van der Waals surface area contributed by atoms with E-state index in [0.29, 0.717) is 38.2 Å². The summed E-state index contributed by atoms with van der Waals surface area (Å²) < 4.78 is 32.3. The minimum absolute atomic E-state index is 0.0327. The van der Waals surface area contributed by atoms with Crippen molar-refractivity contribution in [3.63, 3.8) is 0 Å². The van der Waals surface area contributed by atoms with Gasteiger partial charge in [-0.05, 0) is 36.1 Å². The van der Waals surface area contributed by atoms with Crippen molar-refractivity contribution in [2.45, 2.75) is 31.6 Å². The Balaban J connectivity index is 2.31. The number of carbonyl (C=O) groups is 1. The molecule has 0 fully saturated rings. The first-order chi connectivity index (χ1) is 10.8. The van der Waals surface area contributed by atoms with Gasteiger partial charge in [-0.3, -0.25) is 4.79 Å². The van der Waals surface area contributed by atoms with Crippen LogP contribution >= 0.6 is 0 Å². The predicted octanol–water partition coefficient (Wildman–Crippen LogP) is 1.86. The summed E-state index contributed by atoms with van der Waals surface area (Å²) in [5, 5.41) is 2.77. The van der Waals surface area contributed by atoms with Crippen molar-refractivity contribution in [3.05, 3.63) is 23.8 Å². The largest absolute Gasteiger partial charge is 0.383 e. The molecule has 0 radical (unpaired) electrons. The van der Waals surface area contributed by atoms with Crippen LogP contribution in [-0.4, -0.2) is 45.4 Å². The first-order valence-corrected chi connectivity index (χ1v) is 9.20. The number of nitrogens with zero attached hydrogens (tertiary/aromatic N) is 1. The molecule has 7 heteroatoms. The summed E-state index contributed by atoms with van der Waals surface area (Å²) in [7, 11) is -2.02. The van der Waals surface area contributed by atoms with Gasteiger partial charge in [0.25, 0.3) is 0 Å². The van der Waals surface area contributed by atoms with Gasteiger partial charge in [0.05, 0.1) is 11.5 Å². The number of aryl methyl sites for hydroxylation is 1. The van der Waals surface area contributed by atoms with Crippen molar-refractivity contribution in [2.75, 3.05) is 32.1 Å². The Hall–Kier alpha value is -1.44. The minimum Gasteiger partial charge on any atom is -0.383 e. The van der Waals surface area contributed by atoms with Crippen LogP contribution in [0.4, 0.5) is 5.69 Å². The van der Waals surface area contributed by atoms with E-state index in [2.05, 4.69) is 5.32 Å². The summed E-state index contributed by atoms with van der Waals surface area (Å²) in [6.07, 6.45) is 0.947. The van der Waals surface area contributed by atoms with Gasteiger partial charge in [0.1, 0.15) is 0 Å². The van der Waals surface area contributed by atoms with E-state index in [-0.39, 0.29) is 16.7 Å². The first-order valence-electron chi connectivity index (χ1n) is 7.76. The molecule has 1 amide bonds.